The maximum Gasteiger partial charge on any atom is 0.127 e. The summed E-state index contributed by atoms with van der Waals surface area (Å²) in [7, 11) is 3.32. The summed E-state index contributed by atoms with van der Waals surface area (Å²) in [6.45, 7) is 0. The Labute approximate surface area is 125 Å². The van der Waals surface area contributed by atoms with Gasteiger partial charge in [-0.25, -0.2) is 0 Å². The van der Waals surface area contributed by atoms with Crippen LogP contribution in [0.5, 0.6) is 11.5 Å². The van der Waals surface area contributed by atoms with Crippen molar-refractivity contribution in [2.45, 2.75) is 25.3 Å². The molecule has 3 nitrogen and oxygen atoms in total. The molecule has 0 bridgehead atoms. The van der Waals surface area contributed by atoms with Gasteiger partial charge in [0.1, 0.15) is 11.5 Å². The van der Waals surface area contributed by atoms with Crippen molar-refractivity contribution >= 4 is 0 Å². The maximum atomic E-state index is 6.50. The van der Waals surface area contributed by atoms with Crippen LogP contribution in [0.3, 0.4) is 0 Å². The first-order valence-corrected chi connectivity index (χ1v) is 7.32. The van der Waals surface area contributed by atoms with E-state index in [0.29, 0.717) is 0 Å². The van der Waals surface area contributed by atoms with Crippen LogP contribution in [-0.2, 0) is 12.8 Å². The second-order valence-corrected chi connectivity index (χ2v) is 5.44. The highest BCUT2D eigenvalue weighted by molar-refractivity contribution is 5.51. The van der Waals surface area contributed by atoms with Crippen LogP contribution in [0.15, 0.2) is 36.4 Å². The molecule has 3 heteroatoms. The van der Waals surface area contributed by atoms with Crippen LogP contribution in [0.2, 0.25) is 0 Å². The van der Waals surface area contributed by atoms with Crippen LogP contribution in [0, 0.1) is 0 Å². The number of ether oxygens (including phenoxy) is 2. The van der Waals surface area contributed by atoms with Gasteiger partial charge in [-0.1, -0.05) is 24.3 Å². The number of nitrogens with two attached hydrogens (primary N) is 1. The fourth-order valence-electron chi connectivity index (χ4n) is 3.14. The fraction of sp³-hybridized carbons (Fsp3) is 0.333. The van der Waals surface area contributed by atoms with Crippen LogP contribution < -0.4 is 15.2 Å². The summed E-state index contributed by atoms with van der Waals surface area (Å²) in [4.78, 5) is 0. The average Bonchev–Trinajstić information content (AvgIpc) is 3.00. The number of benzene rings is 2. The molecule has 0 aliphatic heterocycles. The number of fused-ring (bicyclic) bond motifs is 1. The Kier molecular flexibility index (Phi) is 3.84. The van der Waals surface area contributed by atoms with Gasteiger partial charge in [0.25, 0.3) is 0 Å². The maximum absolute atomic E-state index is 6.50. The normalized spacial score (nSPS) is 14.6. The van der Waals surface area contributed by atoms with Crippen molar-refractivity contribution < 1.29 is 9.47 Å². The molecule has 0 heterocycles. The first-order chi connectivity index (χ1) is 10.2. The molecule has 0 saturated heterocycles. The average molecular weight is 283 g/mol. The quantitative estimate of drug-likeness (QED) is 0.937. The van der Waals surface area contributed by atoms with E-state index < -0.39 is 0 Å². The molecule has 2 aromatic rings. The Hall–Kier alpha value is -2.00. The Morgan fingerprint density at radius 1 is 0.952 bits per heavy atom. The lowest BCUT2D eigenvalue weighted by Crippen LogP contribution is -2.14. The number of rotatable bonds is 4. The summed E-state index contributed by atoms with van der Waals surface area (Å²) in [6.07, 6.45) is 3.58. The van der Waals surface area contributed by atoms with Gasteiger partial charge in [0, 0.05) is 0 Å². The van der Waals surface area contributed by atoms with E-state index in [1.165, 1.54) is 24.0 Å². The molecule has 0 saturated carbocycles. The monoisotopic (exact) mass is 283 g/mol. The highest BCUT2D eigenvalue weighted by Gasteiger charge is 2.21. The molecular formula is C18H21NO2. The van der Waals surface area contributed by atoms with E-state index in [-0.39, 0.29) is 6.04 Å². The van der Waals surface area contributed by atoms with Gasteiger partial charge in [-0.3, -0.25) is 0 Å². The molecule has 0 radical (unpaired) electrons. The molecule has 0 fully saturated rings. The molecule has 2 aromatic carbocycles. The van der Waals surface area contributed by atoms with Crippen molar-refractivity contribution in [3.8, 4) is 11.5 Å². The smallest absolute Gasteiger partial charge is 0.127 e. The molecule has 1 unspecified atom stereocenters. The van der Waals surface area contributed by atoms with E-state index in [0.717, 1.165) is 29.0 Å². The lowest BCUT2D eigenvalue weighted by atomic mass is 9.95. The van der Waals surface area contributed by atoms with Crippen molar-refractivity contribution in [1.29, 1.82) is 0 Å². The standard InChI is InChI=1S/C18H21NO2/c1-20-15-7-4-8-16(21-2)17(15)18(19)14-10-9-12-5-3-6-13(12)11-14/h4,7-11,18H,3,5-6,19H2,1-2H3. The van der Waals surface area contributed by atoms with E-state index in [1.807, 2.05) is 18.2 Å². The Morgan fingerprint density at radius 3 is 2.29 bits per heavy atom. The third kappa shape index (κ3) is 2.49. The molecule has 0 spiro atoms. The highest BCUT2D eigenvalue weighted by Crippen LogP contribution is 2.37. The predicted octanol–water partition coefficient (Wildman–Crippen LogP) is 3.24. The Morgan fingerprint density at radius 2 is 1.62 bits per heavy atom. The zero-order chi connectivity index (χ0) is 14.8. The molecule has 1 aliphatic carbocycles. The van der Waals surface area contributed by atoms with Gasteiger partial charge in [0.2, 0.25) is 0 Å². The SMILES string of the molecule is COc1cccc(OC)c1C(N)c1ccc2c(c1)CCC2. The zero-order valence-electron chi connectivity index (χ0n) is 12.6. The minimum absolute atomic E-state index is 0.248. The van der Waals surface area contributed by atoms with Crippen LogP contribution in [0.4, 0.5) is 0 Å². The van der Waals surface area contributed by atoms with Gasteiger partial charge < -0.3 is 15.2 Å². The summed E-state index contributed by atoms with van der Waals surface area (Å²) >= 11 is 0. The van der Waals surface area contributed by atoms with Crippen molar-refractivity contribution in [3.05, 3.63) is 58.7 Å². The van der Waals surface area contributed by atoms with Gasteiger partial charge >= 0.3 is 0 Å². The topological polar surface area (TPSA) is 44.5 Å². The van der Waals surface area contributed by atoms with E-state index in [4.69, 9.17) is 15.2 Å². The lowest BCUT2D eigenvalue weighted by molar-refractivity contribution is 0.382. The highest BCUT2D eigenvalue weighted by atomic mass is 16.5. The van der Waals surface area contributed by atoms with E-state index in [2.05, 4.69) is 18.2 Å². The Balaban J connectivity index is 2.04. The minimum Gasteiger partial charge on any atom is -0.496 e. The number of methoxy groups -OCH3 is 2. The van der Waals surface area contributed by atoms with Crippen molar-refractivity contribution in [2.75, 3.05) is 14.2 Å². The zero-order valence-corrected chi connectivity index (χ0v) is 12.6. The molecule has 1 aliphatic rings. The van der Waals surface area contributed by atoms with Crippen molar-refractivity contribution in [2.24, 2.45) is 5.73 Å². The summed E-state index contributed by atoms with van der Waals surface area (Å²) < 4.78 is 10.9. The van der Waals surface area contributed by atoms with Gasteiger partial charge in [-0.15, -0.1) is 0 Å². The number of hydrogen-bond donors (Lipinski definition) is 1. The third-order valence-corrected chi connectivity index (χ3v) is 4.26. The molecule has 3 rings (SSSR count). The van der Waals surface area contributed by atoms with Crippen LogP contribution in [0.25, 0.3) is 0 Å². The second-order valence-electron chi connectivity index (χ2n) is 5.44. The lowest BCUT2D eigenvalue weighted by Gasteiger charge is -2.20. The van der Waals surface area contributed by atoms with E-state index >= 15 is 0 Å². The molecule has 2 N–H and O–H groups in total. The summed E-state index contributed by atoms with van der Waals surface area (Å²) in [6, 6.07) is 12.1. The first kappa shape index (κ1) is 14.0. The first-order valence-electron chi connectivity index (χ1n) is 7.32. The second kappa shape index (κ2) is 5.78. The largest absolute Gasteiger partial charge is 0.496 e. The molecule has 1 atom stereocenters. The molecule has 0 aromatic heterocycles. The number of aryl methyl sites for hydroxylation is 2. The van der Waals surface area contributed by atoms with Gasteiger partial charge in [0.15, 0.2) is 0 Å². The van der Waals surface area contributed by atoms with Gasteiger partial charge in [-0.2, -0.15) is 0 Å². The van der Waals surface area contributed by atoms with E-state index in [1.54, 1.807) is 14.2 Å². The van der Waals surface area contributed by atoms with Crippen LogP contribution >= 0.6 is 0 Å². The van der Waals surface area contributed by atoms with Crippen LogP contribution in [-0.4, -0.2) is 14.2 Å². The molecular weight excluding hydrogens is 262 g/mol. The fourth-order valence-corrected chi connectivity index (χ4v) is 3.14. The predicted molar refractivity (Wildman–Crippen MR) is 84.0 cm³/mol. The molecule has 0 amide bonds. The minimum atomic E-state index is -0.248. The molecule has 110 valence electrons. The summed E-state index contributed by atoms with van der Waals surface area (Å²) in [5.74, 6) is 1.53. The van der Waals surface area contributed by atoms with Gasteiger partial charge in [0.05, 0.1) is 25.8 Å². The summed E-state index contributed by atoms with van der Waals surface area (Å²) in [5, 5.41) is 0. The Bertz CT molecular complexity index is 629. The number of hydrogen-bond acceptors (Lipinski definition) is 3. The van der Waals surface area contributed by atoms with Gasteiger partial charge in [-0.05, 0) is 48.1 Å². The summed E-state index contributed by atoms with van der Waals surface area (Å²) in [5.41, 5.74) is 11.4. The third-order valence-electron chi connectivity index (χ3n) is 4.26. The van der Waals surface area contributed by atoms with Crippen molar-refractivity contribution in [1.82, 2.24) is 0 Å². The van der Waals surface area contributed by atoms with Crippen molar-refractivity contribution in [3.63, 3.8) is 0 Å². The van der Waals surface area contributed by atoms with E-state index in [9.17, 15) is 0 Å². The van der Waals surface area contributed by atoms with Crippen LogP contribution in [0.1, 0.15) is 34.7 Å². The molecule has 21 heavy (non-hydrogen) atoms.